The van der Waals surface area contributed by atoms with Crippen LogP contribution in [0.25, 0.3) is 0 Å². The first-order chi connectivity index (χ1) is 14.5. The highest BCUT2D eigenvalue weighted by atomic mass is 32.1. The van der Waals surface area contributed by atoms with Crippen molar-refractivity contribution in [2.75, 3.05) is 4.90 Å². The average molecular weight is 444 g/mol. The van der Waals surface area contributed by atoms with Crippen LogP contribution in [0.2, 0.25) is 0 Å². The summed E-state index contributed by atoms with van der Waals surface area (Å²) < 4.78 is 0. The van der Waals surface area contributed by atoms with Crippen LogP contribution in [0.15, 0.2) is 6.07 Å². The monoisotopic (exact) mass is 443 g/mol. The minimum atomic E-state index is -0.977. The molecule has 0 aliphatic heterocycles. The molecule has 0 bridgehead atoms. The molecule has 2 aliphatic rings. The smallest absolute Gasteiger partial charge is 0.338 e. The molecule has 0 unspecified atom stereocenters. The van der Waals surface area contributed by atoms with Gasteiger partial charge in [-0.25, -0.2) is 4.79 Å². The van der Waals surface area contributed by atoms with Gasteiger partial charge in [-0.15, -0.1) is 11.3 Å². The summed E-state index contributed by atoms with van der Waals surface area (Å²) in [6.07, 6.45) is 8.01. The van der Waals surface area contributed by atoms with Crippen molar-refractivity contribution in [2.24, 2.45) is 23.2 Å². The zero-order chi connectivity index (χ0) is 22.8. The van der Waals surface area contributed by atoms with Crippen molar-refractivity contribution >= 4 is 28.2 Å². The third-order valence-electron chi connectivity index (χ3n) is 6.68. The molecule has 2 aliphatic carbocycles. The highest BCUT2D eigenvalue weighted by molar-refractivity contribution is 7.17. The van der Waals surface area contributed by atoms with Gasteiger partial charge in [-0.2, -0.15) is 0 Å². The number of carboxylic acid groups (broad SMARTS) is 1. The maximum absolute atomic E-state index is 13.8. The van der Waals surface area contributed by atoms with Crippen LogP contribution in [0.3, 0.4) is 0 Å². The number of carbonyl (C=O) groups excluding carboxylic acids is 1. The van der Waals surface area contributed by atoms with E-state index in [2.05, 4.69) is 25.7 Å². The Balaban J connectivity index is 1.99. The zero-order valence-corrected chi connectivity index (χ0v) is 20.5. The SMILES string of the molecule is CC(C)(C)C#Cc1cc(C(=O)O)c(N(C(=O)[C@H]2CC[C@H](C)CC2)[C@H]2CC[C@@H](C)CC2)s1. The van der Waals surface area contributed by atoms with E-state index in [1.54, 1.807) is 6.07 Å². The van der Waals surface area contributed by atoms with Crippen LogP contribution >= 0.6 is 11.3 Å². The second-order valence-corrected chi connectivity index (χ2v) is 11.7. The summed E-state index contributed by atoms with van der Waals surface area (Å²) in [5.41, 5.74) is 0.0563. The van der Waals surface area contributed by atoms with Crippen LogP contribution in [-0.2, 0) is 4.79 Å². The van der Waals surface area contributed by atoms with Crippen molar-refractivity contribution in [2.45, 2.75) is 92.0 Å². The lowest BCUT2D eigenvalue weighted by Gasteiger charge is -2.38. The summed E-state index contributed by atoms with van der Waals surface area (Å²) >= 11 is 1.37. The maximum atomic E-state index is 13.8. The van der Waals surface area contributed by atoms with Crippen LogP contribution in [0.1, 0.15) is 101 Å². The van der Waals surface area contributed by atoms with E-state index in [-0.39, 0.29) is 28.8 Å². The van der Waals surface area contributed by atoms with Gasteiger partial charge in [0.15, 0.2) is 0 Å². The molecule has 1 amide bonds. The summed E-state index contributed by atoms with van der Waals surface area (Å²) in [5, 5.41) is 10.5. The molecule has 31 heavy (non-hydrogen) atoms. The largest absolute Gasteiger partial charge is 0.478 e. The molecule has 0 radical (unpaired) electrons. The first kappa shape index (κ1) is 23.9. The van der Waals surface area contributed by atoms with Crippen molar-refractivity contribution < 1.29 is 14.7 Å². The van der Waals surface area contributed by atoms with Gasteiger partial charge in [-0.1, -0.05) is 25.7 Å². The van der Waals surface area contributed by atoms with Gasteiger partial charge in [-0.3, -0.25) is 9.69 Å². The van der Waals surface area contributed by atoms with Gasteiger partial charge < -0.3 is 5.11 Å². The van der Waals surface area contributed by atoms with Gasteiger partial charge in [0.05, 0.1) is 10.4 Å². The van der Waals surface area contributed by atoms with Crippen LogP contribution in [0.5, 0.6) is 0 Å². The molecule has 2 saturated carbocycles. The number of carbonyl (C=O) groups is 2. The molecule has 0 aromatic carbocycles. The molecule has 0 saturated heterocycles. The second-order valence-electron chi connectivity index (χ2n) is 10.7. The fourth-order valence-corrected chi connectivity index (χ4v) is 5.76. The average Bonchev–Trinajstić information content (AvgIpc) is 3.12. The van der Waals surface area contributed by atoms with Gasteiger partial charge >= 0.3 is 5.97 Å². The standard InChI is InChI=1S/C26H37NO3S/c1-17-6-10-19(11-7-17)23(28)27(20-12-8-18(2)9-13-20)24-22(25(29)30)16-21(31-24)14-15-26(3,4)5/h16-20H,6-13H2,1-5H3,(H,29,30)/t17-,18-,19-,20+. The molecular formula is C26H37NO3S. The predicted octanol–water partition coefficient (Wildman–Crippen LogP) is 6.58. The highest BCUT2D eigenvalue weighted by Gasteiger charge is 2.37. The first-order valence-electron chi connectivity index (χ1n) is 11.8. The van der Waals surface area contributed by atoms with E-state index >= 15 is 0 Å². The van der Waals surface area contributed by atoms with Crippen molar-refractivity contribution in [1.82, 2.24) is 0 Å². The molecule has 0 atom stereocenters. The Kier molecular flexibility index (Phi) is 7.52. The number of carboxylic acids is 1. The summed E-state index contributed by atoms with van der Waals surface area (Å²) in [4.78, 5) is 28.5. The number of hydrogen-bond acceptors (Lipinski definition) is 3. The lowest BCUT2D eigenvalue weighted by molar-refractivity contribution is -0.124. The lowest BCUT2D eigenvalue weighted by Crippen LogP contribution is -2.46. The predicted molar refractivity (Wildman–Crippen MR) is 128 cm³/mol. The van der Waals surface area contributed by atoms with E-state index in [1.807, 2.05) is 25.7 Å². The molecule has 0 spiro atoms. The molecule has 5 heteroatoms. The normalized spacial score (nSPS) is 26.6. The summed E-state index contributed by atoms with van der Waals surface area (Å²) in [7, 11) is 0. The van der Waals surface area contributed by atoms with Gasteiger partial charge in [0.1, 0.15) is 5.00 Å². The van der Waals surface area contributed by atoms with E-state index in [0.29, 0.717) is 16.8 Å². The minimum Gasteiger partial charge on any atom is -0.478 e. The Labute approximate surface area is 191 Å². The van der Waals surface area contributed by atoms with Crippen molar-refractivity contribution in [3.05, 3.63) is 16.5 Å². The number of aromatic carboxylic acids is 1. The van der Waals surface area contributed by atoms with Gasteiger partial charge in [0.25, 0.3) is 0 Å². The van der Waals surface area contributed by atoms with Gasteiger partial charge in [0, 0.05) is 17.4 Å². The summed E-state index contributed by atoms with van der Waals surface area (Å²) in [5.74, 6) is 6.85. The minimum absolute atomic E-state index is 0.00315. The molecule has 1 N–H and O–H groups in total. The Morgan fingerprint density at radius 2 is 1.55 bits per heavy atom. The zero-order valence-electron chi connectivity index (χ0n) is 19.7. The molecule has 170 valence electrons. The molecule has 1 heterocycles. The van der Waals surface area contributed by atoms with Crippen LogP contribution < -0.4 is 4.90 Å². The summed E-state index contributed by atoms with van der Waals surface area (Å²) in [6.45, 7) is 10.6. The van der Waals surface area contributed by atoms with Gasteiger partial charge in [0.2, 0.25) is 5.91 Å². The van der Waals surface area contributed by atoms with Crippen LogP contribution in [0.4, 0.5) is 5.00 Å². The Morgan fingerprint density at radius 1 is 1.00 bits per heavy atom. The number of hydrogen-bond donors (Lipinski definition) is 1. The number of anilines is 1. The van der Waals surface area contributed by atoms with Crippen molar-refractivity contribution in [3.63, 3.8) is 0 Å². The molecule has 1 aromatic heterocycles. The first-order valence-corrected chi connectivity index (χ1v) is 12.6. The Hall–Kier alpha value is -1.80. The van der Waals surface area contributed by atoms with Crippen LogP contribution in [-0.4, -0.2) is 23.0 Å². The number of rotatable bonds is 4. The maximum Gasteiger partial charge on any atom is 0.338 e. The quantitative estimate of drug-likeness (QED) is 0.535. The van der Waals surface area contributed by atoms with Crippen molar-refractivity contribution in [1.29, 1.82) is 0 Å². The fraction of sp³-hybridized carbons (Fsp3) is 0.692. The van der Waals surface area contributed by atoms with E-state index in [1.165, 1.54) is 11.3 Å². The number of amides is 1. The number of nitrogens with zero attached hydrogens (tertiary/aromatic N) is 1. The van der Waals surface area contributed by atoms with Gasteiger partial charge in [-0.05, 0) is 90.0 Å². The van der Waals surface area contributed by atoms with E-state index < -0.39 is 5.97 Å². The fourth-order valence-electron chi connectivity index (χ4n) is 4.67. The van der Waals surface area contributed by atoms with Crippen molar-refractivity contribution in [3.8, 4) is 11.8 Å². The van der Waals surface area contributed by atoms with E-state index in [4.69, 9.17) is 0 Å². The Morgan fingerprint density at radius 3 is 2.06 bits per heavy atom. The number of thiophene rings is 1. The van der Waals surface area contributed by atoms with E-state index in [0.717, 1.165) is 56.2 Å². The third-order valence-corrected chi connectivity index (χ3v) is 7.73. The molecule has 1 aromatic rings. The highest BCUT2D eigenvalue weighted by Crippen LogP contribution is 2.40. The molecule has 2 fully saturated rings. The van der Waals surface area contributed by atoms with Crippen LogP contribution in [0, 0.1) is 35.0 Å². The lowest BCUT2D eigenvalue weighted by atomic mass is 9.81. The Bertz CT molecular complexity index is 853. The molecule has 4 nitrogen and oxygen atoms in total. The second kappa shape index (κ2) is 9.77. The van der Waals surface area contributed by atoms with E-state index in [9.17, 15) is 14.7 Å². The molecular weight excluding hydrogens is 406 g/mol. The molecule has 3 rings (SSSR count). The third kappa shape index (κ3) is 6.13. The topological polar surface area (TPSA) is 57.6 Å². The summed E-state index contributed by atoms with van der Waals surface area (Å²) in [6, 6.07) is 1.75.